The van der Waals surface area contributed by atoms with Gasteiger partial charge in [0.25, 0.3) is 0 Å². The van der Waals surface area contributed by atoms with Crippen molar-refractivity contribution in [3.05, 3.63) is 50.9 Å². The van der Waals surface area contributed by atoms with Crippen LogP contribution in [0.25, 0.3) is 0 Å². The van der Waals surface area contributed by atoms with Crippen LogP contribution in [0.4, 0.5) is 0 Å². The normalized spacial score (nSPS) is 14.3. The van der Waals surface area contributed by atoms with Crippen molar-refractivity contribution in [3.63, 3.8) is 0 Å². The van der Waals surface area contributed by atoms with E-state index in [9.17, 15) is 4.79 Å². The van der Waals surface area contributed by atoms with Gasteiger partial charge in [0.05, 0.1) is 23.1 Å². The Kier molecular flexibility index (Phi) is 9.87. The first-order chi connectivity index (χ1) is 14.8. The fourth-order valence-electron chi connectivity index (χ4n) is 3.47. The van der Waals surface area contributed by atoms with Gasteiger partial charge in [-0.05, 0) is 64.9 Å². The van der Waals surface area contributed by atoms with Crippen molar-refractivity contribution in [1.29, 1.82) is 0 Å². The molecule has 0 bridgehead atoms. The Bertz CT molecular complexity index is 885. The van der Waals surface area contributed by atoms with E-state index in [0.717, 1.165) is 21.9 Å². The maximum atomic E-state index is 10.8. The summed E-state index contributed by atoms with van der Waals surface area (Å²) in [5.74, 6) is -0.788. The van der Waals surface area contributed by atoms with Crippen LogP contribution in [-0.2, 0) is 26.5 Å². The van der Waals surface area contributed by atoms with Crippen LogP contribution in [0.15, 0.2) is 30.5 Å². The molecule has 2 unspecified atom stereocenters. The van der Waals surface area contributed by atoms with E-state index in [1.54, 1.807) is 17.5 Å². The number of hydrogen-bond acceptors (Lipinski definition) is 6. The zero-order valence-corrected chi connectivity index (χ0v) is 22.3. The SMILES string of the molecule is CC(Cc1ncc(CCC(=O)O)s1)NCC(O[Si](C)(C)OC(C)(C)C)c1cccc(Cl)c1. The molecule has 6 nitrogen and oxygen atoms in total. The van der Waals surface area contributed by atoms with Gasteiger partial charge in [-0.2, -0.15) is 0 Å². The largest absolute Gasteiger partial charge is 0.481 e. The molecule has 9 heteroatoms. The first-order valence-electron chi connectivity index (χ1n) is 10.9. The van der Waals surface area contributed by atoms with Crippen molar-refractivity contribution >= 4 is 37.5 Å². The van der Waals surface area contributed by atoms with E-state index in [0.29, 0.717) is 18.0 Å². The van der Waals surface area contributed by atoms with Gasteiger partial charge < -0.3 is 19.3 Å². The van der Waals surface area contributed by atoms with Crippen LogP contribution in [0.5, 0.6) is 0 Å². The van der Waals surface area contributed by atoms with Gasteiger partial charge in [0.2, 0.25) is 0 Å². The molecular weight excluding hydrogens is 464 g/mol. The smallest absolute Gasteiger partial charge is 0.332 e. The quantitative estimate of drug-likeness (QED) is 0.370. The van der Waals surface area contributed by atoms with Crippen LogP contribution >= 0.6 is 22.9 Å². The summed E-state index contributed by atoms with van der Waals surface area (Å²) in [6, 6.07) is 7.93. The maximum Gasteiger partial charge on any atom is 0.332 e. The average Bonchev–Trinajstić information content (AvgIpc) is 3.08. The highest BCUT2D eigenvalue weighted by atomic mass is 35.5. The van der Waals surface area contributed by atoms with Crippen LogP contribution < -0.4 is 5.32 Å². The number of rotatable bonds is 12. The first-order valence-corrected chi connectivity index (χ1v) is 14.9. The Labute approximate surface area is 201 Å². The molecule has 2 atom stereocenters. The molecule has 0 radical (unpaired) electrons. The molecule has 0 fully saturated rings. The zero-order chi connectivity index (χ0) is 23.9. The highest BCUT2D eigenvalue weighted by Gasteiger charge is 2.34. The second-order valence-corrected chi connectivity index (χ2v) is 14.3. The number of aryl methyl sites for hydroxylation is 1. The number of nitrogens with one attached hydrogen (secondary N) is 1. The lowest BCUT2D eigenvalue weighted by molar-refractivity contribution is -0.136. The van der Waals surface area contributed by atoms with Gasteiger partial charge >= 0.3 is 14.5 Å². The van der Waals surface area contributed by atoms with Crippen molar-refractivity contribution in [2.45, 2.75) is 77.8 Å². The van der Waals surface area contributed by atoms with Crippen molar-refractivity contribution in [2.24, 2.45) is 0 Å². The molecule has 1 aromatic carbocycles. The van der Waals surface area contributed by atoms with E-state index in [1.165, 1.54) is 0 Å². The van der Waals surface area contributed by atoms with Crippen LogP contribution in [0.1, 0.15) is 55.7 Å². The lowest BCUT2D eigenvalue weighted by Crippen LogP contribution is -2.45. The monoisotopic (exact) mass is 498 g/mol. The predicted octanol–water partition coefficient (Wildman–Crippen LogP) is 5.61. The van der Waals surface area contributed by atoms with E-state index >= 15 is 0 Å². The number of halogens is 1. The fourth-order valence-corrected chi connectivity index (χ4v) is 7.15. The lowest BCUT2D eigenvalue weighted by atomic mass is 10.1. The zero-order valence-electron chi connectivity index (χ0n) is 19.8. The summed E-state index contributed by atoms with van der Waals surface area (Å²) < 4.78 is 12.8. The Balaban J connectivity index is 2.02. The van der Waals surface area contributed by atoms with E-state index in [2.05, 4.69) is 30.3 Å². The van der Waals surface area contributed by atoms with Crippen LogP contribution in [-0.4, -0.2) is 42.8 Å². The molecule has 1 aromatic heterocycles. The van der Waals surface area contributed by atoms with Crippen molar-refractivity contribution in [1.82, 2.24) is 10.3 Å². The predicted molar refractivity (Wildman–Crippen MR) is 133 cm³/mol. The van der Waals surface area contributed by atoms with E-state index < -0.39 is 14.5 Å². The van der Waals surface area contributed by atoms with Crippen LogP contribution in [0, 0.1) is 0 Å². The number of nitrogens with zero attached hydrogens (tertiary/aromatic N) is 1. The van der Waals surface area contributed by atoms with Crippen molar-refractivity contribution in [3.8, 4) is 0 Å². The summed E-state index contributed by atoms with van der Waals surface area (Å²) in [7, 11) is -2.40. The highest BCUT2D eigenvalue weighted by Crippen LogP contribution is 2.27. The van der Waals surface area contributed by atoms with Gasteiger partial charge in [-0.25, -0.2) is 4.98 Å². The number of carboxylic acids is 1. The third kappa shape index (κ3) is 10.1. The minimum absolute atomic E-state index is 0.129. The molecule has 32 heavy (non-hydrogen) atoms. The molecule has 2 aromatic rings. The number of hydrogen-bond donors (Lipinski definition) is 2. The number of aliphatic carboxylic acids is 1. The summed E-state index contributed by atoms with van der Waals surface area (Å²) >= 11 is 7.82. The minimum atomic E-state index is -2.40. The second-order valence-electron chi connectivity index (χ2n) is 9.40. The number of aromatic nitrogens is 1. The molecule has 0 aliphatic heterocycles. The van der Waals surface area contributed by atoms with Gasteiger partial charge in [-0.3, -0.25) is 4.79 Å². The Hall–Kier alpha value is -1.29. The van der Waals surface area contributed by atoms with Gasteiger partial charge in [0.15, 0.2) is 0 Å². The minimum Gasteiger partial charge on any atom is -0.481 e. The third-order valence-corrected chi connectivity index (χ3v) is 7.79. The maximum absolute atomic E-state index is 10.8. The molecule has 2 rings (SSSR count). The van der Waals surface area contributed by atoms with E-state index in [1.807, 2.05) is 45.0 Å². The molecule has 0 amide bonds. The van der Waals surface area contributed by atoms with E-state index in [-0.39, 0.29) is 24.2 Å². The van der Waals surface area contributed by atoms with Crippen molar-refractivity contribution in [2.75, 3.05) is 6.54 Å². The summed E-state index contributed by atoms with van der Waals surface area (Å²) in [6.07, 6.45) is 3.00. The van der Waals surface area contributed by atoms with Gasteiger partial charge in [-0.15, -0.1) is 11.3 Å². The van der Waals surface area contributed by atoms with Gasteiger partial charge in [0, 0.05) is 35.1 Å². The number of benzene rings is 1. The van der Waals surface area contributed by atoms with E-state index in [4.69, 9.17) is 25.6 Å². The average molecular weight is 499 g/mol. The van der Waals surface area contributed by atoms with Gasteiger partial charge in [0.1, 0.15) is 0 Å². The molecule has 178 valence electrons. The van der Waals surface area contributed by atoms with Crippen LogP contribution in [0.3, 0.4) is 0 Å². The second kappa shape index (κ2) is 11.7. The third-order valence-electron chi connectivity index (χ3n) is 4.52. The summed E-state index contributed by atoms with van der Waals surface area (Å²) in [4.78, 5) is 16.2. The summed E-state index contributed by atoms with van der Waals surface area (Å²) in [5, 5.41) is 14.1. The Morgan fingerprint density at radius 3 is 2.69 bits per heavy atom. The number of carboxylic acid groups (broad SMARTS) is 1. The molecule has 0 saturated carbocycles. The summed E-state index contributed by atoms with van der Waals surface area (Å²) in [6.45, 7) is 13.0. The fraction of sp³-hybridized carbons (Fsp3) is 0.565. The highest BCUT2D eigenvalue weighted by molar-refractivity contribution is 7.11. The molecule has 0 aliphatic rings. The van der Waals surface area contributed by atoms with Crippen LogP contribution in [0.2, 0.25) is 18.1 Å². The molecular formula is C23H35ClN2O4SSi. The topological polar surface area (TPSA) is 80.7 Å². The standard InChI is InChI=1S/C23H35ClN2O4SSi/c1-16(12-21-26-14-19(31-21)10-11-22(27)28)25-15-20(17-8-7-9-18(24)13-17)29-32(5,6)30-23(2,3)4/h7-9,13-14,16,20,25H,10-12,15H2,1-6H3,(H,27,28). The molecule has 2 N–H and O–H groups in total. The molecule has 0 aliphatic carbocycles. The summed E-state index contributed by atoms with van der Waals surface area (Å²) in [5.41, 5.74) is 0.735. The lowest BCUT2D eigenvalue weighted by Gasteiger charge is -2.35. The van der Waals surface area contributed by atoms with Crippen molar-refractivity contribution < 1.29 is 18.8 Å². The molecule has 0 saturated heterocycles. The first kappa shape index (κ1) is 27.0. The molecule has 1 heterocycles. The molecule has 0 spiro atoms. The number of carbonyl (C=O) groups is 1. The number of thiazole rings is 1. The Morgan fingerprint density at radius 1 is 1.34 bits per heavy atom. The van der Waals surface area contributed by atoms with Gasteiger partial charge in [-0.1, -0.05) is 23.7 Å². The Morgan fingerprint density at radius 2 is 2.06 bits per heavy atom.